The highest BCUT2D eigenvalue weighted by Crippen LogP contribution is 2.29. The van der Waals surface area contributed by atoms with Crippen molar-refractivity contribution in [3.63, 3.8) is 0 Å². The molecule has 3 rings (SSSR count). The van der Waals surface area contributed by atoms with Crippen LogP contribution in [-0.4, -0.2) is 296 Å². The van der Waals surface area contributed by atoms with E-state index in [1.807, 2.05) is 0 Å². The molecule has 2 aliphatic heterocycles. The third kappa shape index (κ3) is 29.3. The summed E-state index contributed by atoms with van der Waals surface area (Å²) in [6.07, 6.45) is -14.6. The van der Waals surface area contributed by atoms with Gasteiger partial charge in [-0.2, -0.15) is 0 Å². The van der Waals surface area contributed by atoms with E-state index in [-0.39, 0.29) is 137 Å². The zero-order valence-corrected chi connectivity index (χ0v) is 52.3. The van der Waals surface area contributed by atoms with Crippen LogP contribution < -0.4 is 42.5 Å². The first-order chi connectivity index (χ1) is 42.6. The number of hydrogen-bond donors (Lipinski definition) is 17. The quantitative estimate of drug-likeness (QED) is 0.0199. The van der Waals surface area contributed by atoms with E-state index < -0.39 is 170 Å². The van der Waals surface area contributed by atoms with Gasteiger partial charge in [0.1, 0.15) is 67.1 Å². The second-order valence-corrected chi connectivity index (χ2v) is 23.3. The Morgan fingerprint density at radius 1 is 0.456 bits per heavy atom. The highest BCUT2D eigenvalue weighted by Gasteiger charge is 2.47. The lowest BCUT2D eigenvalue weighted by atomic mass is 9.79. The highest BCUT2D eigenvalue weighted by atomic mass is 16.7. The number of hydrogen-bond acceptors (Lipinski definition) is 26. The van der Waals surface area contributed by atoms with Crippen molar-refractivity contribution in [3.05, 3.63) is 0 Å². The molecule has 0 radical (unpaired) electrons. The Hall–Kier alpha value is -4.96. The molecule has 3 fully saturated rings. The molecule has 2 saturated heterocycles. The minimum atomic E-state index is -1.57. The van der Waals surface area contributed by atoms with Gasteiger partial charge in [0, 0.05) is 91.6 Å². The molecule has 17 N–H and O–H groups in total. The van der Waals surface area contributed by atoms with Gasteiger partial charge in [0.15, 0.2) is 12.6 Å². The maximum absolute atomic E-state index is 13.7. The fourth-order valence-corrected chi connectivity index (χ4v) is 9.62. The average Bonchev–Trinajstić information content (AvgIpc) is 0.947. The molecule has 1 saturated carbocycles. The van der Waals surface area contributed by atoms with Crippen molar-refractivity contribution in [2.75, 3.05) is 106 Å². The van der Waals surface area contributed by atoms with Crippen molar-refractivity contribution < 1.29 is 127 Å². The number of rotatable bonds is 42. The second-order valence-electron chi connectivity index (χ2n) is 23.3. The van der Waals surface area contributed by atoms with E-state index in [0.717, 1.165) is 0 Å². The Kier molecular flexibility index (Phi) is 36.6. The number of carbonyl (C=O) groups is 8. The van der Waals surface area contributed by atoms with Gasteiger partial charge in [-0.1, -0.05) is 0 Å². The topological polar surface area (TPSA) is 498 Å². The summed E-state index contributed by atoms with van der Waals surface area (Å²) < 4.78 is 52.0. The molecule has 15 atom stereocenters. The summed E-state index contributed by atoms with van der Waals surface area (Å²) >= 11 is 0. The SMILES string of the molecule is CC(=O)N[C@H]1C(O)[C@@H](O)C(CO)O[C@H]1OCCCNC(=O)CCOCC(COCCC(=O)NCCCO[C@@H]1OC(CO)[C@H](O)C(O)[C@@H]1NC(C)=O)(COCCC(=O)NCCCO[C@@H]1CC(CO)[C@H](O)C(O)[C@@H]1NC(C)=O)NC(=O)CCC(=O)NCOC(C)(C)C. The maximum Gasteiger partial charge on any atom is 0.222 e. The lowest BCUT2D eigenvalue weighted by molar-refractivity contribution is -0.270. The van der Waals surface area contributed by atoms with E-state index in [1.54, 1.807) is 20.8 Å². The molecule has 1 aliphatic carbocycles. The minimum absolute atomic E-state index is 0.0407. The van der Waals surface area contributed by atoms with Crippen LogP contribution in [0.2, 0.25) is 0 Å². The molecule has 0 spiro atoms. The molecule has 0 aromatic rings. The molecule has 90 heavy (non-hydrogen) atoms. The van der Waals surface area contributed by atoms with E-state index in [1.165, 1.54) is 20.8 Å². The summed E-state index contributed by atoms with van der Waals surface area (Å²) in [6.45, 7) is 5.85. The van der Waals surface area contributed by atoms with Crippen LogP contribution in [0.1, 0.15) is 99.3 Å². The molecule has 0 bridgehead atoms. The third-order valence-electron chi connectivity index (χ3n) is 14.4. The van der Waals surface area contributed by atoms with Crippen molar-refractivity contribution in [3.8, 4) is 0 Å². The van der Waals surface area contributed by atoms with Crippen molar-refractivity contribution >= 4 is 47.3 Å². The van der Waals surface area contributed by atoms with Crippen LogP contribution in [0, 0.1) is 5.92 Å². The van der Waals surface area contributed by atoms with Gasteiger partial charge in [0.25, 0.3) is 0 Å². The van der Waals surface area contributed by atoms with E-state index in [9.17, 15) is 84.3 Å². The zero-order valence-electron chi connectivity index (χ0n) is 52.3. The van der Waals surface area contributed by atoms with Crippen LogP contribution in [0.4, 0.5) is 0 Å². The predicted molar refractivity (Wildman–Crippen MR) is 310 cm³/mol. The lowest BCUT2D eigenvalue weighted by Crippen LogP contribution is -2.64. The van der Waals surface area contributed by atoms with Crippen molar-refractivity contribution in [1.82, 2.24) is 42.5 Å². The molecule has 34 heteroatoms. The average molecular weight is 1300 g/mol. The van der Waals surface area contributed by atoms with Crippen LogP contribution in [0.25, 0.3) is 0 Å². The summed E-state index contributed by atoms with van der Waals surface area (Å²) in [5.41, 5.74) is -2.13. The smallest absolute Gasteiger partial charge is 0.222 e. The van der Waals surface area contributed by atoms with E-state index in [2.05, 4.69) is 42.5 Å². The number of aliphatic hydroxyl groups is 9. The van der Waals surface area contributed by atoms with Crippen molar-refractivity contribution in [2.24, 2.45) is 5.92 Å². The zero-order chi connectivity index (χ0) is 67.0. The van der Waals surface area contributed by atoms with Crippen LogP contribution in [0.5, 0.6) is 0 Å². The number of carbonyl (C=O) groups excluding carboxylic acids is 8. The van der Waals surface area contributed by atoms with Crippen molar-refractivity contribution in [2.45, 2.75) is 196 Å². The van der Waals surface area contributed by atoms with E-state index >= 15 is 0 Å². The molecule has 34 nitrogen and oxygen atoms in total. The molecule has 8 amide bonds. The van der Waals surface area contributed by atoms with E-state index in [4.69, 9.17) is 42.6 Å². The molecule has 0 aromatic heterocycles. The Balaban J connectivity index is 1.67. The summed E-state index contributed by atoms with van der Waals surface area (Å²) in [4.78, 5) is 101. The second kappa shape index (κ2) is 41.6. The molecular weight excluding hydrogens is 1200 g/mol. The Bertz CT molecular complexity index is 1990. The summed E-state index contributed by atoms with van der Waals surface area (Å²) in [5.74, 6) is -4.70. The summed E-state index contributed by atoms with van der Waals surface area (Å²) in [5, 5.41) is 113. The lowest BCUT2D eigenvalue weighted by Gasteiger charge is -2.42. The largest absolute Gasteiger partial charge is 0.396 e. The first-order valence-electron chi connectivity index (χ1n) is 30.3. The fraction of sp³-hybridized carbons (Fsp3) is 0.857. The third-order valence-corrected chi connectivity index (χ3v) is 14.4. The summed E-state index contributed by atoms with van der Waals surface area (Å²) in [6, 6.07) is -3.25. The van der Waals surface area contributed by atoms with Crippen LogP contribution >= 0.6 is 0 Å². The van der Waals surface area contributed by atoms with Crippen LogP contribution in [0.15, 0.2) is 0 Å². The number of ether oxygens (including phenoxy) is 9. The molecular formula is C56H100N8O26. The summed E-state index contributed by atoms with van der Waals surface area (Å²) in [7, 11) is 0. The monoisotopic (exact) mass is 1300 g/mol. The predicted octanol–water partition coefficient (Wildman–Crippen LogP) is -7.21. The number of aliphatic hydroxyl groups excluding tert-OH is 9. The first-order valence-corrected chi connectivity index (χ1v) is 30.3. The van der Waals surface area contributed by atoms with Gasteiger partial charge in [-0.05, 0) is 46.5 Å². The molecule has 520 valence electrons. The van der Waals surface area contributed by atoms with Gasteiger partial charge in [0.05, 0.1) is 89.9 Å². The Morgan fingerprint density at radius 3 is 1.22 bits per heavy atom. The van der Waals surface area contributed by atoms with Gasteiger partial charge in [0.2, 0.25) is 47.3 Å². The molecule has 3 aliphatic rings. The standard InChI is InChI=1S/C56H100N8O26/c1-32(68)61-44-36(24-35(25-65)47(76)50(44)79)85-18-7-15-57-40(72)12-21-82-28-56(64-43(75)11-10-39(71)60-31-88-55(4,5)6,29-83-22-13-41(73)58-16-8-19-86-53-45(62-33(2)69)51(80)48(77)37(26-66)89-53)30-84-23-14-42(74)59-17-9-20-87-54-46(63-34(3)70)52(81)49(78)38(27-67)90-54/h35-38,44-54,65-67,76-81H,7-31H2,1-6H3,(H,57,72)(H,58,73)(H,59,74)(H,60,71)(H,61,68)(H,62,69)(H,63,70)(H,64,75)/t35?,36-,37?,38?,44-,45+,46+,47+,48+,49+,50?,51?,52?,53-,54-,56?/m1/s1. The Morgan fingerprint density at radius 2 is 0.833 bits per heavy atom. The fourth-order valence-electron chi connectivity index (χ4n) is 9.62. The van der Waals surface area contributed by atoms with Gasteiger partial charge in [-0.15, -0.1) is 0 Å². The molecule has 0 aromatic carbocycles. The highest BCUT2D eigenvalue weighted by molar-refractivity contribution is 5.84. The maximum atomic E-state index is 13.7. The van der Waals surface area contributed by atoms with Gasteiger partial charge in [-0.3, -0.25) is 38.4 Å². The number of nitrogens with one attached hydrogen (secondary N) is 8. The van der Waals surface area contributed by atoms with Gasteiger partial charge < -0.3 is 131 Å². The number of amides is 8. The molecule has 6 unspecified atom stereocenters. The normalized spacial score (nSPS) is 27.5. The van der Waals surface area contributed by atoms with E-state index in [0.29, 0.717) is 6.42 Å². The van der Waals surface area contributed by atoms with Gasteiger partial charge in [-0.25, -0.2) is 0 Å². The minimum Gasteiger partial charge on any atom is -0.396 e. The van der Waals surface area contributed by atoms with Crippen LogP contribution in [-0.2, 0) is 81.0 Å². The van der Waals surface area contributed by atoms with Crippen LogP contribution in [0.3, 0.4) is 0 Å². The Labute approximate surface area is 523 Å². The van der Waals surface area contributed by atoms with Crippen molar-refractivity contribution in [1.29, 1.82) is 0 Å². The molecule has 2 heterocycles. The van der Waals surface area contributed by atoms with Gasteiger partial charge >= 0.3 is 0 Å². The first kappa shape index (κ1) is 79.3.